The number of carbonyl (C=O) groups excluding carboxylic acids is 1. The Kier molecular flexibility index (Phi) is 4.68. The van der Waals surface area contributed by atoms with Crippen LogP contribution < -0.4 is 5.32 Å². The summed E-state index contributed by atoms with van der Waals surface area (Å²) in [5, 5.41) is 3.30. The molecule has 1 amide bonds. The number of amides is 1. The topological polar surface area (TPSA) is 42.0 Å². The van der Waals surface area contributed by atoms with Gasteiger partial charge in [-0.05, 0) is 42.5 Å². The highest BCUT2D eigenvalue weighted by atomic mass is 32.2. The highest BCUT2D eigenvalue weighted by Gasteiger charge is 2.13. The lowest BCUT2D eigenvalue weighted by Crippen LogP contribution is -2.13. The molecule has 1 aromatic heterocycles. The third-order valence-electron chi connectivity index (χ3n) is 3.06. The first kappa shape index (κ1) is 15.2. The van der Waals surface area contributed by atoms with Gasteiger partial charge in [-0.15, -0.1) is 0 Å². The van der Waals surface area contributed by atoms with E-state index in [4.69, 9.17) is 0 Å². The Bertz CT molecular complexity index is 824. The lowest BCUT2D eigenvalue weighted by molar-refractivity contribution is 0.102. The maximum absolute atomic E-state index is 13.2. The Hall–Kier alpha value is -2.66. The first-order chi connectivity index (χ1) is 11.2. The SMILES string of the molecule is O=C(Nc1cccc(F)c1)c1cccnc1Sc1ccccc1. The van der Waals surface area contributed by atoms with Gasteiger partial charge in [-0.3, -0.25) is 4.79 Å². The van der Waals surface area contributed by atoms with Crippen molar-refractivity contribution in [1.29, 1.82) is 0 Å². The predicted molar refractivity (Wildman–Crippen MR) is 89.2 cm³/mol. The summed E-state index contributed by atoms with van der Waals surface area (Å²) >= 11 is 1.41. The van der Waals surface area contributed by atoms with Gasteiger partial charge >= 0.3 is 0 Å². The van der Waals surface area contributed by atoms with Crippen LogP contribution in [0.15, 0.2) is 82.8 Å². The van der Waals surface area contributed by atoms with Crippen LogP contribution in [0.4, 0.5) is 10.1 Å². The van der Waals surface area contributed by atoms with E-state index < -0.39 is 5.82 Å². The van der Waals surface area contributed by atoms with Crippen LogP contribution in [-0.4, -0.2) is 10.9 Å². The van der Waals surface area contributed by atoms with Gasteiger partial charge in [0.15, 0.2) is 0 Å². The summed E-state index contributed by atoms with van der Waals surface area (Å²) < 4.78 is 13.2. The normalized spacial score (nSPS) is 10.3. The molecule has 0 saturated heterocycles. The molecule has 0 saturated carbocycles. The van der Waals surface area contributed by atoms with Crippen molar-refractivity contribution in [3.8, 4) is 0 Å². The molecule has 0 spiro atoms. The Morgan fingerprint density at radius 3 is 2.61 bits per heavy atom. The Morgan fingerprint density at radius 1 is 1.00 bits per heavy atom. The fourth-order valence-corrected chi connectivity index (χ4v) is 2.91. The maximum Gasteiger partial charge on any atom is 0.258 e. The average Bonchev–Trinajstić information content (AvgIpc) is 2.56. The number of pyridine rings is 1. The molecule has 5 heteroatoms. The van der Waals surface area contributed by atoms with E-state index in [1.54, 1.807) is 30.5 Å². The summed E-state index contributed by atoms with van der Waals surface area (Å²) in [6, 6.07) is 18.9. The molecule has 0 radical (unpaired) electrons. The highest BCUT2D eigenvalue weighted by Crippen LogP contribution is 2.28. The molecule has 0 aliphatic heterocycles. The van der Waals surface area contributed by atoms with Crippen molar-refractivity contribution < 1.29 is 9.18 Å². The molecule has 3 nitrogen and oxygen atoms in total. The summed E-state index contributed by atoms with van der Waals surface area (Å²) in [6.07, 6.45) is 1.64. The summed E-state index contributed by atoms with van der Waals surface area (Å²) in [6.45, 7) is 0. The number of hydrogen-bond acceptors (Lipinski definition) is 3. The number of nitrogens with one attached hydrogen (secondary N) is 1. The molecular formula is C18H13FN2OS. The van der Waals surface area contributed by atoms with E-state index in [0.717, 1.165) is 4.90 Å². The zero-order valence-electron chi connectivity index (χ0n) is 12.1. The van der Waals surface area contributed by atoms with Crippen molar-refractivity contribution in [2.75, 3.05) is 5.32 Å². The molecule has 0 atom stereocenters. The molecule has 0 unspecified atom stereocenters. The second-order valence-electron chi connectivity index (χ2n) is 4.74. The minimum atomic E-state index is -0.395. The van der Waals surface area contributed by atoms with Gasteiger partial charge in [-0.25, -0.2) is 9.37 Å². The fraction of sp³-hybridized carbons (Fsp3) is 0. The number of halogens is 1. The van der Waals surface area contributed by atoms with Gasteiger partial charge in [0, 0.05) is 16.8 Å². The summed E-state index contributed by atoms with van der Waals surface area (Å²) in [4.78, 5) is 17.7. The molecule has 2 aromatic carbocycles. The van der Waals surface area contributed by atoms with Gasteiger partial charge in [0.2, 0.25) is 0 Å². The highest BCUT2D eigenvalue weighted by molar-refractivity contribution is 7.99. The van der Waals surface area contributed by atoms with Crippen molar-refractivity contribution >= 4 is 23.4 Å². The van der Waals surface area contributed by atoms with Gasteiger partial charge in [-0.1, -0.05) is 36.0 Å². The smallest absolute Gasteiger partial charge is 0.258 e. The van der Waals surface area contributed by atoms with Crippen LogP contribution in [0.1, 0.15) is 10.4 Å². The van der Waals surface area contributed by atoms with Gasteiger partial charge in [0.1, 0.15) is 10.8 Å². The van der Waals surface area contributed by atoms with Crippen LogP contribution in [0.2, 0.25) is 0 Å². The van der Waals surface area contributed by atoms with E-state index >= 15 is 0 Å². The van der Waals surface area contributed by atoms with Crippen LogP contribution >= 0.6 is 11.8 Å². The van der Waals surface area contributed by atoms with E-state index in [0.29, 0.717) is 16.3 Å². The number of benzene rings is 2. The molecule has 1 heterocycles. The van der Waals surface area contributed by atoms with Crippen LogP contribution in [0, 0.1) is 5.82 Å². The molecule has 3 rings (SSSR count). The number of nitrogens with zero attached hydrogens (tertiary/aromatic N) is 1. The van der Waals surface area contributed by atoms with E-state index in [2.05, 4.69) is 10.3 Å². The molecule has 1 N–H and O–H groups in total. The first-order valence-electron chi connectivity index (χ1n) is 6.97. The second-order valence-corrected chi connectivity index (χ2v) is 5.80. The van der Waals surface area contributed by atoms with E-state index in [1.165, 1.54) is 23.9 Å². The third-order valence-corrected chi connectivity index (χ3v) is 4.08. The van der Waals surface area contributed by atoms with Gasteiger partial charge in [0.25, 0.3) is 5.91 Å². The summed E-state index contributed by atoms with van der Waals surface area (Å²) in [7, 11) is 0. The molecule has 0 aliphatic carbocycles. The van der Waals surface area contributed by atoms with Crippen LogP contribution in [0.5, 0.6) is 0 Å². The minimum Gasteiger partial charge on any atom is -0.322 e. The van der Waals surface area contributed by atoms with Gasteiger partial charge in [0.05, 0.1) is 5.56 Å². The van der Waals surface area contributed by atoms with Crippen molar-refractivity contribution in [3.63, 3.8) is 0 Å². The largest absolute Gasteiger partial charge is 0.322 e. The van der Waals surface area contributed by atoms with Crippen molar-refractivity contribution in [2.24, 2.45) is 0 Å². The molecule has 3 aromatic rings. The first-order valence-corrected chi connectivity index (χ1v) is 7.79. The van der Waals surface area contributed by atoms with Gasteiger partial charge < -0.3 is 5.32 Å². The second kappa shape index (κ2) is 7.07. The minimum absolute atomic E-state index is 0.317. The van der Waals surface area contributed by atoms with E-state index in [1.807, 2.05) is 30.3 Å². The summed E-state index contributed by atoms with van der Waals surface area (Å²) in [5.74, 6) is -0.713. The van der Waals surface area contributed by atoms with Crippen LogP contribution in [-0.2, 0) is 0 Å². The molecule has 114 valence electrons. The predicted octanol–water partition coefficient (Wildman–Crippen LogP) is 4.62. The standard InChI is InChI=1S/C18H13FN2OS/c19-13-6-4-7-14(12-13)21-17(22)16-10-5-11-20-18(16)23-15-8-2-1-3-9-15/h1-12H,(H,21,22). The Labute approximate surface area is 137 Å². The number of hydrogen-bond donors (Lipinski definition) is 1. The quantitative estimate of drug-likeness (QED) is 0.761. The number of anilines is 1. The molecular weight excluding hydrogens is 311 g/mol. The Balaban J connectivity index is 1.83. The average molecular weight is 324 g/mol. The van der Waals surface area contributed by atoms with E-state index in [-0.39, 0.29) is 5.91 Å². The lowest BCUT2D eigenvalue weighted by atomic mass is 10.2. The monoisotopic (exact) mass is 324 g/mol. The van der Waals surface area contributed by atoms with Crippen molar-refractivity contribution in [1.82, 2.24) is 4.98 Å². The molecule has 0 fully saturated rings. The number of carbonyl (C=O) groups is 1. The zero-order chi connectivity index (χ0) is 16.1. The molecule has 0 aliphatic rings. The number of rotatable bonds is 4. The van der Waals surface area contributed by atoms with Crippen LogP contribution in [0.25, 0.3) is 0 Å². The van der Waals surface area contributed by atoms with Gasteiger partial charge in [-0.2, -0.15) is 0 Å². The van der Waals surface area contributed by atoms with E-state index in [9.17, 15) is 9.18 Å². The number of aromatic nitrogens is 1. The van der Waals surface area contributed by atoms with Crippen molar-refractivity contribution in [2.45, 2.75) is 9.92 Å². The lowest BCUT2D eigenvalue weighted by Gasteiger charge is -2.09. The zero-order valence-corrected chi connectivity index (χ0v) is 12.9. The molecule has 0 bridgehead atoms. The third kappa shape index (κ3) is 3.96. The van der Waals surface area contributed by atoms with Crippen LogP contribution in [0.3, 0.4) is 0 Å². The Morgan fingerprint density at radius 2 is 1.83 bits per heavy atom. The molecule has 23 heavy (non-hydrogen) atoms. The summed E-state index contributed by atoms with van der Waals surface area (Å²) in [5.41, 5.74) is 0.861. The van der Waals surface area contributed by atoms with Crippen molar-refractivity contribution in [3.05, 3.63) is 84.3 Å². The maximum atomic E-state index is 13.2. The fourth-order valence-electron chi connectivity index (χ4n) is 2.01.